The molecule has 0 radical (unpaired) electrons. The molecule has 1 aromatic rings. The predicted octanol–water partition coefficient (Wildman–Crippen LogP) is 1.51. The number of aromatic nitrogens is 1. The molecule has 0 aliphatic heterocycles. The van der Waals surface area contributed by atoms with Crippen molar-refractivity contribution in [2.24, 2.45) is 0 Å². The van der Waals surface area contributed by atoms with Crippen LogP contribution in [0.1, 0.15) is 10.5 Å². The summed E-state index contributed by atoms with van der Waals surface area (Å²) in [5, 5.41) is 8.89. The Morgan fingerprint density at radius 3 is 2.79 bits per heavy atom. The molecule has 0 atom stereocenters. The van der Waals surface area contributed by atoms with Gasteiger partial charge in [0, 0.05) is 23.8 Å². The molecular weight excluding hydrogens is 248 g/mol. The predicted molar refractivity (Wildman–Crippen MR) is 57.6 cm³/mol. The average molecular weight is 261 g/mol. The molecule has 14 heavy (non-hydrogen) atoms. The smallest absolute Gasteiger partial charge is 0.352 e. The van der Waals surface area contributed by atoms with Crippen LogP contribution in [0.4, 0.5) is 0 Å². The lowest BCUT2D eigenvalue weighted by atomic mass is 10.4. The van der Waals surface area contributed by atoms with Gasteiger partial charge in [-0.1, -0.05) is 0 Å². The Bertz CT molecular complexity index is 334. The average Bonchev–Trinajstić information content (AvgIpc) is 2.43. The Labute approximate surface area is 91.3 Å². The van der Waals surface area contributed by atoms with Gasteiger partial charge < -0.3 is 14.6 Å². The van der Waals surface area contributed by atoms with Gasteiger partial charge in [-0.2, -0.15) is 0 Å². The van der Waals surface area contributed by atoms with Crippen LogP contribution in [0.2, 0.25) is 0 Å². The van der Waals surface area contributed by atoms with E-state index in [1.165, 1.54) is 0 Å². The van der Waals surface area contributed by atoms with Crippen molar-refractivity contribution in [3.8, 4) is 0 Å². The molecule has 1 rings (SSSR count). The molecule has 1 heterocycles. The summed E-state index contributed by atoms with van der Waals surface area (Å²) in [5.74, 6) is -0.894. The molecule has 0 amide bonds. The molecule has 0 saturated carbocycles. The number of carboxylic acids is 1. The molecule has 5 heteroatoms. The van der Waals surface area contributed by atoms with Gasteiger partial charge in [-0.15, -0.1) is 0 Å². The highest BCUT2D eigenvalue weighted by Gasteiger charge is 2.10. The molecule has 0 bridgehead atoms. The van der Waals surface area contributed by atoms with E-state index in [1.807, 2.05) is 19.0 Å². The van der Waals surface area contributed by atoms with Gasteiger partial charge in [0.15, 0.2) is 0 Å². The number of nitrogens with zero attached hydrogens (tertiary/aromatic N) is 2. The summed E-state index contributed by atoms with van der Waals surface area (Å²) in [6.45, 7) is 1.50. The number of carboxylic acid groups (broad SMARTS) is 1. The van der Waals surface area contributed by atoms with Crippen LogP contribution in [0.5, 0.6) is 0 Å². The Hall–Kier alpha value is -0.810. The van der Waals surface area contributed by atoms with Crippen molar-refractivity contribution >= 4 is 21.9 Å². The topological polar surface area (TPSA) is 45.5 Å². The highest BCUT2D eigenvalue weighted by atomic mass is 79.9. The van der Waals surface area contributed by atoms with Gasteiger partial charge in [0.1, 0.15) is 5.69 Å². The van der Waals surface area contributed by atoms with E-state index in [0.29, 0.717) is 12.2 Å². The van der Waals surface area contributed by atoms with Gasteiger partial charge in [0.05, 0.1) is 0 Å². The molecule has 0 aliphatic carbocycles. The molecule has 0 aliphatic rings. The van der Waals surface area contributed by atoms with Crippen molar-refractivity contribution in [2.75, 3.05) is 20.6 Å². The zero-order valence-electron chi connectivity index (χ0n) is 8.20. The first-order valence-corrected chi connectivity index (χ1v) is 5.03. The number of rotatable bonds is 4. The first-order chi connectivity index (χ1) is 6.50. The molecule has 0 fully saturated rings. The van der Waals surface area contributed by atoms with Crippen molar-refractivity contribution in [3.63, 3.8) is 0 Å². The van der Waals surface area contributed by atoms with E-state index in [9.17, 15) is 4.79 Å². The van der Waals surface area contributed by atoms with Crippen LogP contribution in [0.3, 0.4) is 0 Å². The SMILES string of the molecule is CN(C)CCn1cc(Br)cc1C(=O)O. The lowest BCUT2D eigenvalue weighted by Crippen LogP contribution is -2.20. The summed E-state index contributed by atoms with van der Waals surface area (Å²) >= 11 is 3.26. The van der Waals surface area contributed by atoms with E-state index in [0.717, 1.165) is 11.0 Å². The summed E-state index contributed by atoms with van der Waals surface area (Å²) in [7, 11) is 3.91. The Morgan fingerprint density at radius 1 is 1.64 bits per heavy atom. The highest BCUT2D eigenvalue weighted by molar-refractivity contribution is 9.10. The van der Waals surface area contributed by atoms with Gasteiger partial charge >= 0.3 is 5.97 Å². The van der Waals surface area contributed by atoms with Crippen molar-refractivity contribution in [1.29, 1.82) is 0 Å². The van der Waals surface area contributed by atoms with E-state index in [-0.39, 0.29) is 0 Å². The van der Waals surface area contributed by atoms with Crippen molar-refractivity contribution in [3.05, 3.63) is 22.4 Å². The van der Waals surface area contributed by atoms with Crippen LogP contribution >= 0.6 is 15.9 Å². The minimum absolute atomic E-state index is 0.318. The summed E-state index contributed by atoms with van der Waals surface area (Å²) in [6.07, 6.45) is 1.78. The number of halogens is 1. The number of aromatic carboxylic acids is 1. The summed E-state index contributed by atoms with van der Waals surface area (Å²) in [5.41, 5.74) is 0.318. The minimum Gasteiger partial charge on any atom is -0.477 e. The van der Waals surface area contributed by atoms with E-state index in [4.69, 9.17) is 5.11 Å². The molecule has 1 aromatic heterocycles. The van der Waals surface area contributed by atoms with Crippen LogP contribution in [0, 0.1) is 0 Å². The third-order valence-electron chi connectivity index (χ3n) is 1.87. The monoisotopic (exact) mass is 260 g/mol. The summed E-state index contributed by atoms with van der Waals surface area (Å²) < 4.78 is 2.53. The molecular formula is C9H13BrN2O2. The zero-order chi connectivity index (χ0) is 10.7. The standard InChI is InChI=1S/C9H13BrN2O2/c1-11(2)3-4-12-6-7(10)5-8(12)9(13)14/h5-6H,3-4H2,1-2H3,(H,13,14). The maximum absolute atomic E-state index is 10.8. The number of likely N-dealkylation sites (N-methyl/N-ethyl adjacent to an activating group) is 1. The molecule has 0 aromatic carbocycles. The highest BCUT2D eigenvalue weighted by Crippen LogP contribution is 2.14. The summed E-state index contributed by atoms with van der Waals surface area (Å²) in [6, 6.07) is 1.61. The molecule has 0 saturated heterocycles. The van der Waals surface area contributed by atoms with Crippen molar-refractivity contribution in [2.45, 2.75) is 6.54 Å². The minimum atomic E-state index is -0.894. The van der Waals surface area contributed by atoms with Crippen LogP contribution < -0.4 is 0 Å². The Morgan fingerprint density at radius 2 is 2.29 bits per heavy atom. The second-order valence-electron chi connectivity index (χ2n) is 3.35. The molecule has 4 nitrogen and oxygen atoms in total. The van der Waals surface area contributed by atoms with Crippen molar-refractivity contribution in [1.82, 2.24) is 9.47 Å². The fourth-order valence-corrected chi connectivity index (χ4v) is 1.61. The number of hydrogen-bond donors (Lipinski definition) is 1. The quantitative estimate of drug-likeness (QED) is 0.893. The lowest BCUT2D eigenvalue weighted by molar-refractivity contribution is 0.0684. The van der Waals surface area contributed by atoms with Crippen LogP contribution in [0.25, 0.3) is 0 Å². The van der Waals surface area contributed by atoms with E-state index in [2.05, 4.69) is 15.9 Å². The Balaban J connectivity index is 2.79. The van der Waals surface area contributed by atoms with Gasteiger partial charge in [-0.25, -0.2) is 4.79 Å². The van der Waals surface area contributed by atoms with Gasteiger partial charge in [0.25, 0.3) is 0 Å². The molecule has 0 spiro atoms. The number of carbonyl (C=O) groups is 1. The van der Waals surface area contributed by atoms with Gasteiger partial charge in [0.2, 0.25) is 0 Å². The normalized spacial score (nSPS) is 10.9. The van der Waals surface area contributed by atoms with Gasteiger partial charge in [-0.05, 0) is 36.1 Å². The van der Waals surface area contributed by atoms with E-state index >= 15 is 0 Å². The third kappa shape index (κ3) is 2.85. The van der Waals surface area contributed by atoms with Crippen LogP contribution in [-0.4, -0.2) is 41.2 Å². The summed E-state index contributed by atoms with van der Waals surface area (Å²) in [4.78, 5) is 12.8. The second kappa shape index (κ2) is 4.61. The first kappa shape index (κ1) is 11.3. The Kier molecular flexibility index (Phi) is 3.71. The molecule has 1 N–H and O–H groups in total. The molecule has 78 valence electrons. The third-order valence-corrected chi connectivity index (χ3v) is 2.30. The van der Waals surface area contributed by atoms with Crippen molar-refractivity contribution < 1.29 is 9.90 Å². The maximum atomic E-state index is 10.8. The fraction of sp³-hybridized carbons (Fsp3) is 0.444. The lowest BCUT2D eigenvalue weighted by Gasteiger charge is -2.11. The fourth-order valence-electron chi connectivity index (χ4n) is 1.15. The van der Waals surface area contributed by atoms with E-state index < -0.39 is 5.97 Å². The second-order valence-corrected chi connectivity index (χ2v) is 4.26. The maximum Gasteiger partial charge on any atom is 0.352 e. The van der Waals surface area contributed by atoms with Crippen LogP contribution in [0.15, 0.2) is 16.7 Å². The first-order valence-electron chi connectivity index (χ1n) is 4.24. The number of hydrogen-bond acceptors (Lipinski definition) is 2. The molecule has 0 unspecified atom stereocenters. The van der Waals surface area contributed by atoms with Gasteiger partial charge in [-0.3, -0.25) is 0 Å². The van der Waals surface area contributed by atoms with Crippen LogP contribution in [-0.2, 0) is 6.54 Å². The largest absolute Gasteiger partial charge is 0.477 e. The zero-order valence-corrected chi connectivity index (χ0v) is 9.78. The van der Waals surface area contributed by atoms with E-state index in [1.54, 1.807) is 16.8 Å².